The zero-order valence-corrected chi connectivity index (χ0v) is 10.3. The van der Waals surface area contributed by atoms with Crippen LogP contribution in [0.25, 0.3) is 0 Å². The lowest BCUT2D eigenvalue weighted by molar-refractivity contribution is 0.323. The van der Waals surface area contributed by atoms with E-state index in [-0.39, 0.29) is 0 Å². The molecule has 0 aromatic carbocycles. The molecule has 86 valence electrons. The molecule has 2 aliphatic rings. The van der Waals surface area contributed by atoms with Crippen molar-refractivity contribution in [2.75, 3.05) is 6.54 Å². The lowest BCUT2D eigenvalue weighted by Gasteiger charge is -2.25. The highest BCUT2D eigenvalue weighted by molar-refractivity contribution is 5.00. The highest BCUT2D eigenvalue weighted by Crippen LogP contribution is 2.55. The molecule has 3 atom stereocenters. The van der Waals surface area contributed by atoms with Gasteiger partial charge in [-0.25, -0.2) is 0 Å². The molecule has 1 heteroatoms. The molecule has 15 heavy (non-hydrogen) atoms. The molecule has 0 aliphatic heterocycles. The number of fused-ring (bicyclic) bond motifs is 1. The van der Waals surface area contributed by atoms with Crippen LogP contribution in [0, 0.1) is 17.8 Å². The van der Waals surface area contributed by atoms with Gasteiger partial charge in [0.05, 0.1) is 0 Å². The second-order valence-corrected chi connectivity index (χ2v) is 5.65. The van der Waals surface area contributed by atoms with Crippen LogP contribution in [-0.2, 0) is 0 Å². The summed E-state index contributed by atoms with van der Waals surface area (Å²) in [7, 11) is 0. The van der Waals surface area contributed by atoms with Gasteiger partial charge in [0.2, 0.25) is 0 Å². The Morgan fingerprint density at radius 3 is 2.53 bits per heavy atom. The average Bonchev–Trinajstić information content (AvgIpc) is 2.80. The van der Waals surface area contributed by atoms with E-state index in [0.717, 1.165) is 30.3 Å². The third kappa shape index (κ3) is 2.84. The van der Waals surface area contributed by atoms with Crippen LogP contribution in [0.2, 0.25) is 0 Å². The van der Waals surface area contributed by atoms with Gasteiger partial charge in [0, 0.05) is 6.04 Å². The second kappa shape index (κ2) is 4.69. The van der Waals surface area contributed by atoms with Crippen LogP contribution in [0.1, 0.15) is 46.0 Å². The van der Waals surface area contributed by atoms with Gasteiger partial charge in [-0.2, -0.15) is 0 Å². The zero-order valence-electron chi connectivity index (χ0n) is 10.3. The van der Waals surface area contributed by atoms with Crippen LogP contribution >= 0.6 is 0 Å². The van der Waals surface area contributed by atoms with Gasteiger partial charge in [-0.05, 0) is 63.3 Å². The first-order valence-corrected chi connectivity index (χ1v) is 6.58. The van der Waals surface area contributed by atoms with E-state index in [4.69, 9.17) is 0 Å². The highest BCUT2D eigenvalue weighted by atomic mass is 14.9. The third-order valence-electron chi connectivity index (χ3n) is 4.20. The maximum atomic E-state index is 4.01. The van der Waals surface area contributed by atoms with Crippen LogP contribution in [0.5, 0.6) is 0 Å². The normalized spacial score (nSPS) is 34.9. The Labute approximate surface area is 94.3 Å². The summed E-state index contributed by atoms with van der Waals surface area (Å²) < 4.78 is 0. The minimum atomic E-state index is 0.763. The molecule has 0 aromatic heterocycles. The van der Waals surface area contributed by atoms with Crippen molar-refractivity contribution in [3.8, 4) is 0 Å². The fourth-order valence-corrected chi connectivity index (χ4v) is 3.26. The summed E-state index contributed by atoms with van der Waals surface area (Å²) in [5.41, 5.74) is 1.33. The third-order valence-corrected chi connectivity index (χ3v) is 4.20. The van der Waals surface area contributed by atoms with Crippen molar-refractivity contribution >= 4 is 0 Å². The van der Waals surface area contributed by atoms with Crippen LogP contribution in [0.4, 0.5) is 0 Å². The van der Waals surface area contributed by atoms with Crippen molar-refractivity contribution in [2.45, 2.75) is 52.0 Å². The Morgan fingerprint density at radius 1 is 1.33 bits per heavy atom. The van der Waals surface area contributed by atoms with Gasteiger partial charge in [-0.15, -0.1) is 6.58 Å². The number of hydrogen-bond donors (Lipinski definition) is 1. The van der Waals surface area contributed by atoms with Gasteiger partial charge >= 0.3 is 0 Å². The minimum Gasteiger partial charge on any atom is -0.314 e. The van der Waals surface area contributed by atoms with Crippen LogP contribution < -0.4 is 5.32 Å². The van der Waals surface area contributed by atoms with Gasteiger partial charge in [-0.1, -0.05) is 12.5 Å². The van der Waals surface area contributed by atoms with Crippen molar-refractivity contribution < 1.29 is 0 Å². The largest absolute Gasteiger partial charge is 0.314 e. The zero-order chi connectivity index (χ0) is 10.8. The van der Waals surface area contributed by atoms with E-state index in [0.29, 0.717) is 0 Å². The minimum absolute atomic E-state index is 0.763. The van der Waals surface area contributed by atoms with Crippen LogP contribution in [-0.4, -0.2) is 12.6 Å². The Morgan fingerprint density at radius 2 is 2.00 bits per heavy atom. The molecule has 3 unspecified atom stereocenters. The Hall–Kier alpha value is -0.300. The van der Waals surface area contributed by atoms with Gasteiger partial charge in [0.15, 0.2) is 0 Å². The summed E-state index contributed by atoms with van der Waals surface area (Å²) in [6.45, 7) is 9.50. The maximum Gasteiger partial charge on any atom is 0.00984 e. The van der Waals surface area contributed by atoms with E-state index in [2.05, 4.69) is 25.7 Å². The molecule has 0 spiro atoms. The van der Waals surface area contributed by atoms with Gasteiger partial charge in [0.1, 0.15) is 0 Å². The number of allylic oxidation sites excluding steroid dienone is 1. The summed E-state index contributed by atoms with van der Waals surface area (Å²) in [6.07, 6.45) is 7.03. The van der Waals surface area contributed by atoms with Crippen molar-refractivity contribution in [3.63, 3.8) is 0 Å². The number of rotatable bonds is 6. The molecule has 2 saturated carbocycles. The highest BCUT2D eigenvalue weighted by Gasteiger charge is 2.47. The molecule has 0 saturated heterocycles. The lowest BCUT2D eigenvalue weighted by Crippen LogP contribution is -2.35. The molecule has 2 fully saturated rings. The standard InChI is InChI=1S/C14H25N/c1-4-15-14(6-5-10(2)3)13-8-11-7-12(11)9-13/h11-15H,2,4-9H2,1,3H3. The molecule has 0 amide bonds. The first kappa shape index (κ1) is 11.2. The van der Waals surface area contributed by atoms with E-state index >= 15 is 0 Å². The molecular weight excluding hydrogens is 182 g/mol. The SMILES string of the molecule is C=C(C)CCC(NCC)C1CC2CC2C1. The topological polar surface area (TPSA) is 12.0 Å². The van der Waals surface area contributed by atoms with Gasteiger partial charge < -0.3 is 5.32 Å². The van der Waals surface area contributed by atoms with Crippen molar-refractivity contribution in [1.82, 2.24) is 5.32 Å². The average molecular weight is 207 g/mol. The van der Waals surface area contributed by atoms with Crippen molar-refractivity contribution in [1.29, 1.82) is 0 Å². The van der Waals surface area contributed by atoms with Gasteiger partial charge in [0.25, 0.3) is 0 Å². The van der Waals surface area contributed by atoms with Crippen molar-refractivity contribution in [3.05, 3.63) is 12.2 Å². The first-order chi connectivity index (χ1) is 7.20. The molecule has 2 rings (SSSR count). The summed E-state index contributed by atoms with van der Waals surface area (Å²) in [5.74, 6) is 3.19. The van der Waals surface area contributed by atoms with E-state index < -0.39 is 0 Å². The summed E-state index contributed by atoms with van der Waals surface area (Å²) in [5, 5.41) is 3.68. The fraction of sp³-hybridized carbons (Fsp3) is 0.857. The summed E-state index contributed by atoms with van der Waals surface area (Å²) in [6, 6.07) is 0.763. The second-order valence-electron chi connectivity index (χ2n) is 5.65. The van der Waals surface area contributed by atoms with Crippen LogP contribution in [0.3, 0.4) is 0 Å². The monoisotopic (exact) mass is 207 g/mol. The molecule has 0 heterocycles. The predicted octanol–water partition coefficient (Wildman–Crippen LogP) is 3.37. The Kier molecular flexibility index (Phi) is 3.50. The molecule has 2 aliphatic carbocycles. The summed E-state index contributed by atoms with van der Waals surface area (Å²) in [4.78, 5) is 0. The Balaban J connectivity index is 1.79. The number of hydrogen-bond acceptors (Lipinski definition) is 1. The molecular formula is C14H25N. The quantitative estimate of drug-likeness (QED) is 0.658. The number of nitrogens with one attached hydrogen (secondary N) is 1. The van der Waals surface area contributed by atoms with E-state index in [1.807, 2.05) is 0 Å². The van der Waals surface area contributed by atoms with E-state index in [1.165, 1.54) is 37.7 Å². The van der Waals surface area contributed by atoms with Gasteiger partial charge in [-0.3, -0.25) is 0 Å². The first-order valence-electron chi connectivity index (χ1n) is 6.58. The molecule has 0 aromatic rings. The predicted molar refractivity (Wildman–Crippen MR) is 65.8 cm³/mol. The maximum absolute atomic E-state index is 4.01. The van der Waals surface area contributed by atoms with Crippen LogP contribution in [0.15, 0.2) is 12.2 Å². The summed E-state index contributed by atoms with van der Waals surface area (Å²) >= 11 is 0. The lowest BCUT2D eigenvalue weighted by atomic mass is 9.90. The molecule has 0 bridgehead atoms. The molecule has 0 radical (unpaired) electrons. The van der Waals surface area contributed by atoms with Crippen molar-refractivity contribution in [2.24, 2.45) is 17.8 Å². The van der Waals surface area contributed by atoms with E-state index in [1.54, 1.807) is 0 Å². The molecule has 1 N–H and O–H groups in total. The van der Waals surface area contributed by atoms with E-state index in [9.17, 15) is 0 Å². The Bertz CT molecular complexity index is 223. The smallest absolute Gasteiger partial charge is 0.00984 e. The fourth-order valence-electron chi connectivity index (χ4n) is 3.26. The molecule has 1 nitrogen and oxygen atoms in total.